The predicted molar refractivity (Wildman–Crippen MR) is 122 cm³/mol. The van der Waals surface area contributed by atoms with Gasteiger partial charge in [0.1, 0.15) is 5.82 Å². The lowest BCUT2D eigenvalue weighted by Gasteiger charge is -2.39. The summed E-state index contributed by atoms with van der Waals surface area (Å²) in [5.74, 6) is -1.47. The zero-order valence-electron chi connectivity index (χ0n) is 18.7. The van der Waals surface area contributed by atoms with Crippen LogP contribution in [0.2, 0.25) is 0 Å². The molecule has 33 heavy (non-hydrogen) atoms. The zero-order valence-corrected chi connectivity index (χ0v) is 18.7. The van der Waals surface area contributed by atoms with Crippen LogP contribution in [0.5, 0.6) is 5.75 Å². The summed E-state index contributed by atoms with van der Waals surface area (Å²) in [7, 11) is 0. The summed E-state index contributed by atoms with van der Waals surface area (Å²) in [6, 6.07) is 10.9. The highest BCUT2D eigenvalue weighted by atomic mass is 19.1. The van der Waals surface area contributed by atoms with Crippen molar-refractivity contribution in [3.8, 4) is 5.75 Å². The maximum atomic E-state index is 14.2. The smallest absolute Gasteiger partial charge is 0.276 e. The number of halogens is 1. The number of amides is 1. The summed E-state index contributed by atoms with van der Waals surface area (Å²) in [5.41, 5.74) is 4.60. The van der Waals surface area contributed by atoms with Crippen molar-refractivity contribution in [1.29, 1.82) is 0 Å². The minimum absolute atomic E-state index is 0.0752. The number of nitrogens with zero attached hydrogens (tertiary/aromatic N) is 3. The van der Waals surface area contributed by atoms with Crippen molar-refractivity contribution in [2.24, 2.45) is 0 Å². The fraction of sp³-hybridized carbons (Fsp3) is 0.346. The van der Waals surface area contributed by atoms with Crippen LogP contribution in [-0.4, -0.2) is 38.8 Å². The second kappa shape index (κ2) is 8.14. The molecular weight excluding hydrogens is 421 g/mol. The molecule has 1 N–H and O–H groups in total. The van der Waals surface area contributed by atoms with Crippen molar-refractivity contribution in [3.05, 3.63) is 92.1 Å². The molecule has 2 aliphatic rings. The number of aryl methyl sites for hydroxylation is 3. The Morgan fingerprint density at radius 1 is 1.09 bits per heavy atom. The van der Waals surface area contributed by atoms with Crippen molar-refractivity contribution in [1.82, 2.24) is 14.7 Å². The molecule has 0 saturated heterocycles. The molecule has 0 radical (unpaired) electrons. The second-order valence-corrected chi connectivity index (χ2v) is 8.99. The zero-order chi connectivity index (χ0) is 23.3. The molecule has 170 valence electrons. The molecule has 2 atom stereocenters. The van der Waals surface area contributed by atoms with Gasteiger partial charge in [0.25, 0.3) is 5.91 Å². The van der Waals surface area contributed by atoms with Crippen LogP contribution < -0.4 is 5.43 Å². The molecule has 1 aliphatic carbocycles. The van der Waals surface area contributed by atoms with Crippen molar-refractivity contribution in [2.75, 3.05) is 13.1 Å². The molecule has 7 heteroatoms. The summed E-state index contributed by atoms with van der Waals surface area (Å²) in [6.45, 7) is 4.91. The normalized spacial score (nSPS) is 19.5. The van der Waals surface area contributed by atoms with Crippen LogP contribution in [0.15, 0.2) is 47.4 Å². The Hall–Kier alpha value is -3.48. The third-order valence-electron chi connectivity index (χ3n) is 6.81. The van der Waals surface area contributed by atoms with Gasteiger partial charge in [0.2, 0.25) is 5.43 Å². The topological polar surface area (TPSA) is 75.4 Å². The van der Waals surface area contributed by atoms with Gasteiger partial charge in [0.15, 0.2) is 11.4 Å². The first kappa shape index (κ1) is 21.4. The van der Waals surface area contributed by atoms with E-state index in [4.69, 9.17) is 0 Å². The third kappa shape index (κ3) is 3.52. The molecule has 1 amide bonds. The number of benzene rings is 2. The van der Waals surface area contributed by atoms with E-state index in [2.05, 4.69) is 30.2 Å². The molecule has 1 aromatic heterocycles. The third-order valence-corrected chi connectivity index (χ3v) is 6.81. The van der Waals surface area contributed by atoms with Crippen molar-refractivity contribution >= 4 is 5.91 Å². The van der Waals surface area contributed by atoms with Gasteiger partial charge in [0.05, 0.1) is 12.2 Å². The number of aromatic hydroxyl groups is 1. The molecule has 0 spiro atoms. The Morgan fingerprint density at radius 2 is 1.79 bits per heavy atom. The lowest BCUT2D eigenvalue weighted by Crippen LogP contribution is -2.47. The Bertz CT molecular complexity index is 1260. The van der Waals surface area contributed by atoms with Crippen LogP contribution in [-0.2, 0) is 12.8 Å². The molecule has 5 rings (SSSR count). The lowest BCUT2D eigenvalue weighted by molar-refractivity contribution is 0.0634. The Balaban J connectivity index is 1.78. The molecular formula is C26H26FN3O3. The van der Waals surface area contributed by atoms with Gasteiger partial charge in [-0.3, -0.25) is 14.3 Å². The molecule has 3 aromatic rings. The predicted octanol–water partition coefficient (Wildman–Crippen LogP) is 3.73. The molecule has 6 nitrogen and oxygen atoms in total. The van der Waals surface area contributed by atoms with E-state index in [1.807, 2.05) is 13.0 Å². The fourth-order valence-corrected chi connectivity index (χ4v) is 5.35. The fourth-order valence-electron chi connectivity index (χ4n) is 5.35. The summed E-state index contributed by atoms with van der Waals surface area (Å²) in [6.07, 6.45) is 3.29. The standard InChI is InChI=1S/C26H26FN3O3/c1-3-10-29-14-21(30-24(26(29)33)25(32)22(31)13-28-30)23-19-8-4-15(2)11-16(19)5-6-17-12-18(27)7-9-20(17)23/h4,7-9,11-13,21,23,32H,3,5-6,10,14H2,1-2H3. The molecule has 2 heterocycles. The van der Waals surface area contributed by atoms with Gasteiger partial charge in [-0.1, -0.05) is 36.8 Å². The SMILES string of the molecule is CCCN1CC(C2c3ccc(C)cc3CCc3cc(F)ccc32)n2ncc(=O)c(O)c2C1=O. The van der Waals surface area contributed by atoms with E-state index in [1.54, 1.807) is 11.0 Å². The van der Waals surface area contributed by atoms with Crippen molar-refractivity contribution < 1.29 is 14.3 Å². The van der Waals surface area contributed by atoms with E-state index < -0.39 is 17.1 Å². The summed E-state index contributed by atoms with van der Waals surface area (Å²) in [5, 5.41) is 14.9. The van der Waals surface area contributed by atoms with Gasteiger partial charge >= 0.3 is 0 Å². The highest BCUT2D eigenvalue weighted by Crippen LogP contribution is 2.44. The monoisotopic (exact) mass is 447 g/mol. The van der Waals surface area contributed by atoms with Crippen LogP contribution in [0.3, 0.4) is 0 Å². The van der Waals surface area contributed by atoms with E-state index in [9.17, 15) is 19.1 Å². The van der Waals surface area contributed by atoms with E-state index in [0.29, 0.717) is 19.5 Å². The molecule has 0 saturated carbocycles. The van der Waals surface area contributed by atoms with Crippen LogP contribution in [0.25, 0.3) is 0 Å². The average Bonchev–Trinajstić information content (AvgIpc) is 2.94. The van der Waals surface area contributed by atoms with Crippen molar-refractivity contribution in [3.63, 3.8) is 0 Å². The van der Waals surface area contributed by atoms with E-state index in [0.717, 1.165) is 41.3 Å². The number of hydrogen-bond acceptors (Lipinski definition) is 4. The van der Waals surface area contributed by atoms with Gasteiger partial charge in [-0.2, -0.15) is 5.10 Å². The lowest BCUT2D eigenvalue weighted by atomic mass is 9.81. The minimum atomic E-state index is -0.675. The molecule has 2 unspecified atom stereocenters. The van der Waals surface area contributed by atoms with Crippen LogP contribution in [0.1, 0.15) is 63.6 Å². The van der Waals surface area contributed by atoms with Crippen LogP contribution in [0, 0.1) is 12.7 Å². The largest absolute Gasteiger partial charge is 0.502 e. The maximum absolute atomic E-state index is 14.2. The van der Waals surface area contributed by atoms with Gasteiger partial charge in [-0.25, -0.2) is 4.39 Å². The highest BCUT2D eigenvalue weighted by molar-refractivity contribution is 5.95. The maximum Gasteiger partial charge on any atom is 0.276 e. The number of rotatable bonds is 3. The quantitative estimate of drug-likeness (QED) is 0.664. The number of fused-ring (bicyclic) bond motifs is 3. The van der Waals surface area contributed by atoms with Crippen LogP contribution in [0.4, 0.5) is 4.39 Å². The van der Waals surface area contributed by atoms with Gasteiger partial charge in [0, 0.05) is 19.0 Å². The molecule has 1 aliphatic heterocycles. The van der Waals surface area contributed by atoms with Crippen molar-refractivity contribution in [2.45, 2.75) is 45.1 Å². The number of carbonyl (C=O) groups excluding carboxylic acids is 1. The first-order valence-electron chi connectivity index (χ1n) is 11.4. The summed E-state index contributed by atoms with van der Waals surface area (Å²) >= 11 is 0. The minimum Gasteiger partial charge on any atom is -0.502 e. The van der Waals surface area contributed by atoms with Gasteiger partial charge in [-0.15, -0.1) is 0 Å². The van der Waals surface area contributed by atoms with Crippen LogP contribution >= 0.6 is 0 Å². The Labute approximate surface area is 191 Å². The molecule has 0 bridgehead atoms. The Morgan fingerprint density at radius 3 is 2.52 bits per heavy atom. The Kier molecular flexibility index (Phi) is 5.27. The second-order valence-electron chi connectivity index (χ2n) is 8.99. The van der Waals surface area contributed by atoms with Gasteiger partial charge in [-0.05, 0) is 60.6 Å². The molecule has 0 fully saturated rings. The first-order chi connectivity index (χ1) is 15.9. The number of carbonyl (C=O) groups is 1. The first-order valence-corrected chi connectivity index (χ1v) is 11.4. The molecule has 2 aromatic carbocycles. The average molecular weight is 448 g/mol. The van der Waals surface area contributed by atoms with E-state index in [1.165, 1.54) is 16.3 Å². The van der Waals surface area contributed by atoms with E-state index in [-0.39, 0.29) is 23.5 Å². The summed E-state index contributed by atoms with van der Waals surface area (Å²) in [4.78, 5) is 27.0. The van der Waals surface area contributed by atoms with Gasteiger partial charge < -0.3 is 10.0 Å². The number of hydrogen-bond donors (Lipinski definition) is 1. The number of aromatic nitrogens is 2. The van der Waals surface area contributed by atoms with E-state index >= 15 is 0 Å². The summed E-state index contributed by atoms with van der Waals surface area (Å²) < 4.78 is 15.7. The highest BCUT2D eigenvalue weighted by Gasteiger charge is 2.41.